The van der Waals surface area contributed by atoms with E-state index in [4.69, 9.17) is 0 Å². The number of aryl methyl sites for hydroxylation is 1. The molecule has 118 valence electrons. The van der Waals surface area contributed by atoms with Crippen molar-refractivity contribution < 1.29 is 4.79 Å². The lowest BCUT2D eigenvalue weighted by Gasteiger charge is -2.32. The summed E-state index contributed by atoms with van der Waals surface area (Å²) in [6.07, 6.45) is 4.93. The van der Waals surface area contributed by atoms with Crippen molar-refractivity contribution >= 4 is 18.3 Å². The van der Waals surface area contributed by atoms with Crippen molar-refractivity contribution in [1.29, 1.82) is 0 Å². The van der Waals surface area contributed by atoms with E-state index in [1.54, 1.807) is 19.3 Å². The van der Waals surface area contributed by atoms with Crippen molar-refractivity contribution in [3.8, 4) is 0 Å². The number of hydrogen-bond donors (Lipinski definition) is 1. The lowest BCUT2D eigenvalue weighted by Crippen LogP contribution is -2.39. The van der Waals surface area contributed by atoms with Crippen LogP contribution in [-0.4, -0.2) is 42.1 Å². The van der Waals surface area contributed by atoms with Crippen LogP contribution in [0.25, 0.3) is 0 Å². The van der Waals surface area contributed by atoms with Gasteiger partial charge >= 0.3 is 0 Å². The van der Waals surface area contributed by atoms with Crippen LogP contribution in [0.1, 0.15) is 29.6 Å². The van der Waals surface area contributed by atoms with Gasteiger partial charge in [-0.2, -0.15) is 0 Å². The molecule has 0 radical (unpaired) electrons. The Bertz CT molecular complexity index is 522. The number of likely N-dealkylation sites (tertiary alicyclic amines) is 1. The molecule has 6 heteroatoms. The van der Waals surface area contributed by atoms with E-state index in [9.17, 15) is 9.59 Å². The zero-order chi connectivity index (χ0) is 14.5. The predicted octanol–water partition coefficient (Wildman–Crippen LogP) is 1.27. The molecule has 0 spiro atoms. The zero-order valence-corrected chi connectivity index (χ0v) is 13.5. The van der Waals surface area contributed by atoms with Gasteiger partial charge in [-0.15, -0.1) is 12.4 Å². The van der Waals surface area contributed by atoms with Gasteiger partial charge in [0.1, 0.15) is 0 Å². The van der Waals surface area contributed by atoms with Gasteiger partial charge in [0.15, 0.2) is 0 Å². The largest absolute Gasteiger partial charge is 0.339 e. The third kappa shape index (κ3) is 4.58. The standard InChI is InChI=1S/C15H23N3O2.ClH/c1-16-7-3-12-4-9-18(10-5-12)15(20)13-6-8-17(2)14(19)11-13;/h6,8,11-12,16H,3-5,7,9-10H2,1-2H3;1H. The number of aromatic nitrogens is 1. The van der Waals surface area contributed by atoms with Crippen LogP contribution < -0.4 is 10.9 Å². The Balaban J connectivity index is 0.00000220. The summed E-state index contributed by atoms with van der Waals surface area (Å²) in [7, 11) is 3.65. The van der Waals surface area contributed by atoms with Gasteiger partial charge in [0.25, 0.3) is 11.5 Å². The Morgan fingerprint density at radius 3 is 2.62 bits per heavy atom. The summed E-state index contributed by atoms with van der Waals surface area (Å²) in [6.45, 7) is 2.62. The minimum Gasteiger partial charge on any atom is -0.339 e. The SMILES string of the molecule is CNCCC1CCN(C(=O)c2ccn(C)c(=O)c2)CC1.Cl. The fourth-order valence-electron chi connectivity index (χ4n) is 2.64. The van der Waals surface area contributed by atoms with Crippen molar-refractivity contribution in [2.24, 2.45) is 13.0 Å². The van der Waals surface area contributed by atoms with Gasteiger partial charge in [0.2, 0.25) is 0 Å². The number of halogens is 1. The molecular formula is C15H24ClN3O2. The first kappa shape index (κ1) is 17.7. The molecule has 0 aromatic carbocycles. The molecule has 1 aliphatic heterocycles. The number of carbonyl (C=O) groups excluding carboxylic acids is 1. The number of rotatable bonds is 4. The van der Waals surface area contributed by atoms with Crippen LogP contribution in [0.3, 0.4) is 0 Å². The van der Waals surface area contributed by atoms with Crippen LogP contribution in [0.15, 0.2) is 23.1 Å². The van der Waals surface area contributed by atoms with Crippen molar-refractivity contribution in [3.05, 3.63) is 34.2 Å². The topological polar surface area (TPSA) is 54.3 Å². The summed E-state index contributed by atoms with van der Waals surface area (Å²) < 4.78 is 1.47. The van der Waals surface area contributed by atoms with Crippen LogP contribution in [0.2, 0.25) is 0 Å². The average molecular weight is 314 g/mol. The van der Waals surface area contributed by atoms with Gasteiger partial charge in [0.05, 0.1) is 0 Å². The first-order valence-corrected chi connectivity index (χ1v) is 7.22. The fraction of sp³-hybridized carbons (Fsp3) is 0.600. The summed E-state index contributed by atoms with van der Waals surface area (Å²) in [5, 5.41) is 3.17. The smallest absolute Gasteiger partial charge is 0.254 e. The lowest BCUT2D eigenvalue weighted by molar-refractivity contribution is 0.0687. The second-order valence-corrected chi connectivity index (χ2v) is 5.49. The summed E-state index contributed by atoms with van der Waals surface area (Å²) in [5.74, 6) is 0.685. The van der Waals surface area contributed by atoms with Crippen molar-refractivity contribution in [3.63, 3.8) is 0 Å². The van der Waals surface area contributed by atoms with E-state index in [1.165, 1.54) is 17.1 Å². The first-order chi connectivity index (χ1) is 9.61. The Morgan fingerprint density at radius 1 is 1.38 bits per heavy atom. The highest BCUT2D eigenvalue weighted by atomic mass is 35.5. The van der Waals surface area contributed by atoms with Crippen molar-refractivity contribution in [2.75, 3.05) is 26.7 Å². The van der Waals surface area contributed by atoms with Gasteiger partial charge in [0, 0.05) is 38.0 Å². The molecule has 1 saturated heterocycles. The highest BCUT2D eigenvalue weighted by Gasteiger charge is 2.23. The maximum absolute atomic E-state index is 12.3. The molecule has 0 atom stereocenters. The third-order valence-electron chi connectivity index (χ3n) is 4.06. The number of carbonyl (C=O) groups is 1. The third-order valence-corrected chi connectivity index (χ3v) is 4.06. The van der Waals surface area contributed by atoms with Gasteiger partial charge in [-0.1, -0.05) is 0 Å². The molecule has 1 N–H and O–H groups in total. The van der Waals surface area contributed by atoms with Gasteiger partial charge in [-0.05, 0) is 44.8 Å². The molecule has 1 fully saturated rings. The highest BCUT2D eigenvalue weighted by molar-refractivity contribution is 5.94. The molecule has 1 amide bonds. The van der Waals surface area contributed by atoms with E-state index in [-0.39, 0.29) is 23.9 Å². The highest BCUT2D eigenvalue weighted by Crippen LogP contribution is 2.21. The molecule has 0 saturated carbocycles. The second-order valence-electron chi connectivity index (χ2n) is 5.49. The molecule has 0 unspecified atom stereocenters. The van der Waals surface area contributed by atoms with E-state index in [0.29, 0.717) is 11.5 Å². The zero-order valence-electron chi connectivity index (χ0n) is 12.7. The number of nitrogens with one attached hydrogen (secondary N) is 1. The maximum atomic E-state index is 12.3. The second kappa shape index (κ2) is 8.20. The van der Waals surface area contributed by atoms with Crippen LogP contribution in [0, 0.1) is 5.92 Å². The number of piperidine rings is 1. The molecule has 2 rings (SSSR count). The molecular weight excluding hydrogens is 290 g/mol. The number of amides is 1. The summed E-state index contributed by atoms with van der Waals surface area (Å²) >= 11 is 0. The van der Waals surface area contributed by atoms with E-state index >= 15 is 0 Å². The predicted molar refractivity (Wildman–Crippen MR) is 86.1 cm³/mol. The molecule has 0 aliphatic carbocycles. The molecule has 0 bridgehead atoms. The van der Waals surface area contributed by atoms with Gasteiger partial charge in [-0.25, -0.2) is 0 Å². The number of pyridine rings is 1. The van der Waals surface area contributed by atoms with Gasteiger partial charge < -0.3 is 14.8 Å². The Labute approximate surface area is 131 Å². The lowest BCUT2D eigenvalue weighted by atomic mass is 9.93. The van der Waals surface area contributed by atoms with Crippen LogP contribution in [-0.2, 0) is 7.05 Å². The van der Waals surface area contributed by atoms with Crippen molar-refractivity contribution in [1.82, 2.24) is 14.8 Å². The average Bonchev–Trinajstić information content (AvgIpc) is 2.48. The van der Waals surface area contributed by atoms with E-state index in [2.05, 4.69) is 5.32 Å². The molecule has 1 aromatic heterocycles. The number of nitrogens with zero attached hydrogens (tertiary/aromatic N) is 2. The Morgan fingerprint density at radius 2 is 2.05 bits per heavy atom. The molecule has 1 aromatic rings. The van der Waals surface area contributed by atoms with E-state index < -0.39 is 0 Å². The minimum absolute atomic E-state index is 0. The monoisotopic (exact) mass is 313 g/mol. The molecule has 5 nitrogen and oxygen atoms in total. The first-order valence-electron chi connectivity index (χ1n) is 7.22. The quantitative estimate of drug-likeness (QED) is 0.911. The van der Waals surface area contributed by atoms with E-state index in [0.717, 1.165) is 32.5 Å². The van der Waals surface area contributed by atoms with Crippen LogP contribution in [0.4, 0.5) is 0 Å². The molecule has 2 heterocycles. The summed E-state index contributed by atoms with van der Waals surface area (Å²) in [5.41, 5.74) is 0.363. The van der Waals surface area contributed by atoms with Crippen LogP contribution >= 0.6 is 12.4 Å². The Kier molecular flexibility index (Phi) is 6.92. The Hall–Kier alpha value is -1.33. The minimum atomic E-state index is -0.139. The molecule has 21 heavy (non-hydrogen) atoms. The maximum Gasteiger partial charge on any atom is 0.254 e. The van der Waals surface area contributed by atoms with Crippen LogP contribution in [0.5, 0.6) is 0 Å². The van der Waals surface area contributed by atoms with Crippen molar-refractivity contribution in [2.45, 2.75) is 19.3 Å². The van der Waals surface area contributed by atoms with E-state index in [1.807, 2.05) is 11.9 Å². The summed E-state index contributed by atoms with van der Waals surface area (Å²) in [4.78, 5) is 25.8. The summed E-state index contributed by atoms with van der Waals surface area (Å²) in [6, 6.07) is 3.15. The normalized spacial score (nSPS) is 15.6. The van der Waals surface area contributed by atoms with Gasteiger partial charge in [-0.3, -0.25) is 9.59 Å². The molecule has 1 aliphatic rings. The number of hydrogen-bond acceptors (Lipinski definition) is 3. The fourth-order valence-corrected chi connectivity index (χ4v) is 2.64.